The lowest BCUT2D eigenvalue weighted by atomic mass is 10.1. The van der Waals surface area contributed by atoms with Crippen LogP contribution in [0.3, 0.4) is 0 Å². The zero-order chi connectivity index (χ0) is 22.2. The predicted octanol–water partition coefficient (Wildman–Crippen LogP) is 7.77. The minimum atomic E-state index is -0.801. The molecule has 0 aliphatic carbocycles. The first-order chi connectivity index (χ1) is 15.5. The highest BCUT2D eigenvalue weighted by molar-refractivity contribution is 6.42. The monoisotopic (exact) mass is 459 g/mol. The Morgan fingerprint density at radius 3 is 2.47 bits per heavy atom. The molecule has 0 bridgehead atoms. The number of fused-ring (bicyclic) bond motifs is 3. The number of aromatic nitrogens is 1. The van der Waals surface area contributed by atoms with Gasteiger partial charge in [-0.3, -0.25) is 4.79 Å². The molecule has 0 aliphatic rings. The molecule has 32 heavy (non-hydrogen) atoms. The Kier molecular flexibility index (Phi) is 5.38. The van der Waals surface area contributed by atoms with Gasteiger partial charge in [-0.2, -0.15) is 0 Å². The van der Waals surface area contributed by atoms with Crippen molar-refractivity contribution in [3.8, 4) is 16.9 Å². The highest BCUT2D eigenvalue weighted by Crippen LogP contribution is 2.37. The maximum Gasteiger partial charge on any atom is 0.303 e. The van der Waals surface area contributed by atoms with Crippen molar-refractivity contribution < 1.29 is 9.90 Å². The summed E-state index contributed by atoms with van der Waals surface area (Å²) in [5.74, 6) is -0.801. The summed E-state index contributed by atoms with van der Waals surface area (Å²) in [7, 11) is 0. The van der Waals surface area contributed by atoms with Crippen molar-refractivity contribution in [3.63, 3.8) is 0 Å². The van der Waals surface area contributed by atoms with Crippen LogP contribution < -0.4 is 0 Å². The van der Waals surface area contributed by atoms with Crippen LogP contribution in [0.1, 0.15) is 12.0 Å². The van der Waals surface area contributed by atoms with Crippen molar-refractivity contribution in [2.24, 2.45) is 0 Å². The second-order valence-electron chi connectivity index (χ2n) is 7.78. The lowest BCUT2D eigenvalue weighted by molar-refractivity contribution is -0.136. The van der Waals surface area contributed by atoms with Gasteiger partial charge in [0.15, 0.2) is 0 Å². The lowest BCUT2D eigenvalue weighted by Gasteiger charge is -2.13. The van der Waals surface area contributed by atoms with Gasteiger partial charge in [0.2, 0.25) is 0 Å². The molecule has 5 aromatic rings. The van der Waals surface area contributed by atoms with Crippen molar-refractivity contribution in [2.45, 2.75) is 12.8 Å². The lowest BCUT2D eigenvalue weighted by Crippen LogP contribution is -2.00. The molecule has 0 aliphatic heterocycles. The molecule has 1 aromatic heterocycles. The Morgan fingerprint density at radius 2 is 1.66 bits per heavy atom. The van der Waals surface area contributed by atoms with Gasteiger partial charge in [-0.1, -0.05) is 71.7 Å². The SMILES string of the molecule is O=C(O)CCc1cccc(-n2c(-c3ccc(Cl)c(Cl)c3)cc3c4ccccc4ccc32)c1. The van der Waals surface area contributed by atoms with Gasteiger partial charge < -0.3 is 9.67 Å². The zero-order valence-electron chi connectivity index (χ0n) is 17.1. The predicted molar refractivity (Wildman–Crippen MR) is 132 cm³/mol. The summed E-state index contributed by atoms with van der Waals surface area (Å²) >= 11 is 12.5. The first-order valence-electron chi connectivity index (χ1n) is 10.3. The third-order valence-electron chi connectivity index (χ3n) is 5.72. The first kappa shape index (κ1) is 20.6. The van der Waals surface area contributed by atoms with Gasteiger partial charge in [0.05, 0.1) is 21.3 Å². The maximum atomic E-state index is 11.1. The molecule has 0 fully saturated rings. The Hall–Kier alpha value is -3.27. The number of carboxylic acid groups (broad SMARTS) is 1. The van der Waals surface area contributed by atoms with E-state index in [0.717, 1.165) is 33.4 Å². The van der Waals surface area contributed by atoms with Crippen LogP contribution in [0.5, 0.6) is 0 Å². The second-order valence-corrected chi connectivity index (χ2v) is 8.59. The van der Waals surface area contributed by atoms with Crippen molar-refractivity contribution in [2.75, 3.05) is 0 Å². The number of aryl methyl sites for hydroxylation is 1. The van der Waals surface area contributed by atoms with Crippen LogP contribution in [0, 0.1) is 0 Å². The second kappa shape index (κ2) is 8.34. The number of hydrogen-bond donors (Lipinski definition) is 1. The molecule has 1 heterocycles. The van der Waals surface area contributed by atoms with Crippen LogP contribution >= 0.6 is 23.2 Å². The molecule has 3 nitrogen and oxygen atoms in total. The normalized spacial score (nSPS) is 11.3. The Labute approximate surface area is 195 Å². The van der Waals surface area contributed by atoms with Crippen LogP contribution in [0.4, 0.5) is 0 Å². The summed E-state index contributed by atoms with van der Waals surface area (Å²) in [5.41, 5.74) is 4.97. The maximum absolute atomic E-state index is 11.1. The topological polar surface area (TPSA) is 42.2 Å². The molecule has 0 spiro atoms. The molecule has 0 saturated heterocycles. The molecule has 0 amide bonds. The van der Waals surface area contributed by atoms with Crippen LogP contribution in [0.25, 0.3) is 38.6 Å². The molecular weight excluding hydrogens is 441 g/mol. The number of rotatable bonds is 5. The standard InChI is InChI=1S/C27H19Cl2NO2/c28-23-11-9-19(15-24(23)29)26-16-22-21-7-2-1-5-18(21)10-12-25(22)30(26)20-6-3-4-17(14-20)8-13-27(31)32/h1-7,9-12,14-16H,8,13H2,(H,31,32). The molecule has 1 N–H and O–H groups in total. The van der Waals surface area contributed by atoms with Crippen LogP contribution in [0.15, 0.2) is 84.9 Å². The number of halogens is 2. The van der Waals surface area contributed by atoms with Gasteiger partial charge in [0.25, 0.3) is 0 Å². The highest BCUT2D eigenvalue weighted by Gasteiger charge is 2.16. The van der Waals surface area contributed by atoms with Gasteiger partial charge in [0, 0.05) is 23.1 Å². The summed E-state index contributed by atoms with van der Waals surface area (Å²) in [6.45, 7) is 0. The van der Waals surface area contributed by atoms with Gasteiger partial charge in [-0.15, -0.1) is 0 Å². The molecule has 158 valence electrons. The quantitative estimate of drug-likeness (QED) is 0.291. The molecule has 5 rings (SSSR count). The number of hydrogen-bond acceptors (Lipinski definition) is 1. The molecular formula is C27H19Cl2NO2. The van der Waals surface area contributed by atoms with Crippen molar-refractivity contribution in [1.29, 1.82) is 0 Å². The van der Waals surface area contributed by atoms with Crippen molar-refractivity contribution in [1.82, 2.24) is 4.57 Å². The molecule has 4 aromatic carbocycles. The minimum absolute atomic E-state index is 0.0974. The zero-order valence-corrected chi connectivity index (χ0v) is 18.6. The van der Waals surface area contributed by atoms with E-state index in [9.17, 15) is 4.79 Å². The molecule has 0 saturated carbocycles. The number of nitrogens with zero attached hydrogens (tertiary/aromatic N) is 1. The fourth-order valence-corrected chi connectivity index (χ4v) is 4.51. The van der Waals surface area contributed by atoms with E-state index in [1.807, 2.05) is 48.5 Å². The van der Waals surface area contributed by atoms with E-state index in [0.29, 0.717) is 16.5 Å². The third kappa shape index (κ3) is 3.75. The van der Waals surface area contributed by atoms with Crippen molar-refractivity contribution in [3.05, 3.63) is 101 Å². The van der Waals surface area contributed by atoms with Gasteiger partial charge in [-0.05, 0) is 59.2 Å². The number of carboxylic acids is 1. The first-order valence-corrected chi connectivity index (χ1v) is 11.1. The average Bonchev–Trinajstić information content (AvgIpc) is 3.20. The molecule has 0 atom stereocenters. The van der Waals surface area contributed by atoms with Crippen LogP contribution in [-0.4, -0.2) is 15.6 Å². The summed E-state index contributed by atoms with van der Waals surface area (Å²) < 4.78 is 2.20. The van der Waals surface area contributed by atoms with E-state index in [4.69, 9.17) is 28.3 Å². The van der Waals surface area contributed by atoms with E-state index >= 15 is 0 Å². The number of carbonyl (C=O) groups is 1. The average molecular weight is 460 g/mol. The molecule has 0 radical (unpaired) electrons. The minimum Gasteiger partial charge on any atom is -0.481 e. The summed E-state index contributed by atoms with van der Waals surface area (Å²) in [5, 5.41) is 13.6. The number of benzene rings is 4. The highest BCUT2D eigenvalue weighted by atomic mass is 35.5. The Balaban J connectivity index is 1.78. The fourth-order valence-electron chi connectivity index (χ4n) is 4.21. The van der Waals surface area contributed by atoms with E-state index in [2.05, 4.69) is 41.0 Å². The number of aliphatic carboxylic acids is 1. The fraction of sp³-hybridized carbons (Fsp3) is 0.0741. The van der Waals surface area contributed by atoms with Gasteiger partial charge in [-0.25, -0.2) is 0 Å². The van der Waals surface area contributed by atoms with E-state index in [1.165, 1.54) is 10.8 Å². The van der Waals surface area contributed by atoms with E-state index < -0.39 is 5.97 Å². The van der Waals surface area contributed by atoms with Crippen LogP contribution in [0.2, 0.25) is 10.0 Å². The summed E-state index contributed by atoms with van der Waals surface area (Å²) in [6.07, 6.45) is 0.577. The Morgan fingerprint density at radius 1 is 0.812 bits per heavy atom. The molecule has 5 heteroatoms. The van der Waals surface area contributed by atoms with Crippen LogP contribution in [-0.2, 0) is 11.2 Å². The van der Waals surface area contributed by atoms with E-state index in [1.54, 1.807) is 0 Å². The summed E-state index contributed by atoms with van der Waals surface area (Å²) in [4.78, 5) is 11.1. The summed E-state index contributed by atoms with van der Waals surface area (Å²) in [6, 6.07) is 28.4. The smallest absolute Gasteiger partial charge is 0.303 e. The van der Waals surface area contributed by atoms with Gasteiger partial charge >= 0.3 is 5.97 Å². The Bertz CT molecular complexity index is 1490. The molecule has 0 unspecified atom stereocenters. The van der Waals surface area contributed by atoms with Gasteiger partial charge in [0.1, 0.15) is 0 Å². The third-order valence-corrected chi connectivity index (χ3v) is 6.46. The largest absolute Gasteiger partial charge is 0.481 e. The van der Waals surface area contributed by atoms with E-state index in [-0.39, 0.29) is 6.42 Å². The van der Waals surface area contributed by atoms with Crippen molar-refractivity contribution >= 4 is 50.8 Å².